The third kappa shape index (κ3) is 2.85. The van der Waals surface area contributed by atoms with Gasteiger partial charge >= 0.3 is 5.97 Å². The van der Waals surface area contributed by atoms with Crippen LogP contribution in [0, 0.1) is 5.82 Å². The normalized spacial score (nSPS) is 11.3. The molecular formula is C14H11FO4S. The highest BCUT2D eigenvalue weighted by molar-refractivity contribution is 7.90. The van der Waals surface area contributed by atoms with Crippen LogP contribution >= 0.6 is 0 Å². The molecule has 0 bridgehead atoms. The summed E-state index contributed by atoms with van der Waals surface area (Å²) in [5.41, 5.74) is 0.301. The van der Waals surface area contributed by atoms with Crippen LogP contribution in [0.15, 0.2) is 47.4 Å². The van der Waals surface area contributed by atoms with Crippen molar-refractivity contribution in [1.29, 1.82) is 0 Å². The van der Waals surface area contributed by atoms with Crippen molar-refractivity contribution < 1.29 is 22.7 Å². The summed E-state index contributed by atoms with van der Waals surface area (Å²) in [7, 11) is -3.41. The number of carboxylic acids is 1. The van der Waals surface area contributed by atoms with E-state index in [1.165, 1.54) is 30.3 Å². The molecule has 0 saturated carbocycles. The summed E-state index contributed by atoms with van der Waals surface area (Å²) < 4.78 is 36.8. The van der Waals surface area contributed by atoms with Gasteiger partial charge in [-0.15, -0.1) is 0 Å². The van der Waals surface area contributed by atoms with Crippen LogP contribution in [-0.2, 0) is 9.84 Å². The molecule has 0 aromatic heterocycles. The summed E-state index contributed by atoms with van der Waals surface area (Å²) in [6, 6.07) is 9.11. The van der Waals surface area contributed by atoms with Gasteiger partial charge in [0.25, 0.3) is 0 Å². The number of rotatable bonds is 3. The van der Waals surface area contributed by atoms with E-state index >= 15 is 0 Å². The second-order valence-corrected chi connectivity index (χ2v) is 6.32. The first-order chi connectivity index (χ1) is 9.29. The maximum atomic E-state index is 13.8. The number of carboxylic acid groups (broad SMARTS) is 1. The minimum Gasteiger partial charge on any atom is -0.478 e. The Hall–Kier alpha value is -2.21. The van der Waals surface area contributed by atoms with Gasteiger partial charge in [-0.2, -0.15) is 0 Å². The average molecular weight is 294 g/mol. The lowest BCUT2D eigenvalue weighted by molar-refractivity contribution is 0.0697. The van der Waals surface area contributed by atoms with Crippen molar-refractivity contribution in [1.82, 2.24) is 0 Å². The van der Waals surface area contributed by atoms with Gasteiger partial charge in [0.2, 0.25) is 0 Å². The molecule has 0 radical (unpaired) electrons. The fraction of sp³-hybridized carbons (Fsp3) is 0.0714. The molecule has 0 amide bonds. The summed E-state index contributed by atoms with van der Waals surface area (Å²) in [5, 5.41) is 8.91. The molecule has 1 N–H and O–H groups in total. The summed E-state index contributed by atoms with van der Waals surface area (Å²) in [5.74, 6) is -1.79. The highest BCUT2D eigenvalue weighted by Gasteiger charge is 2.13. The Morgan fingerprint density at radius 3 is 2.45 bits per heavy atom. The van der Waals surface area contributed by atoms with Crippen molar-refractivity contribution in [2.24, 2.45) is 0 Å². The smallest absolute Gasteiger partial charge is 0.335 e. The van der Waals surface area contributed by atoms with Crippen LogP contribution < -0.4 is 0 Å². The number of aromatic carboxylic acids is 1. The van der Waals surface area contributed by atoms with Crippen LogP contribution in [0.1, 0.15) is 10.4 Å². The molecule has 6 heteroatoms. The molecule has 0 atom stereocenters. The second-order valence-electron chi connectivity index (χ2n) is 4.30. The zero-order valence-corrected chi connectivity index (χ0v) is 11.3. The summed E-state index contributed by atoms with van der Waals surface area (Å²) in [4.78, 5) is 11.0. The lowest BCUT2D eigenvalue weighted by atomic mass is 10.0. The van der Waals surface area contributed by atoms with Gasteiger partial charge < -0.3 is 5.11 Å². The first kappa shape index (κ1) is 14.2. The first-order valence-electron chi connectivity index (χ1n) is 5.62. The molecule has 0 aliphatic rings. The molecule has 104 valence electrons. The maximum absolute atomic E-state index is 13.8. The summed E-state index contributed by atoms with van der Waals surface area (Å²) in [6.07, 6.45) is 1.05. The quantitative estimate of drug-likeness (QED) is 0.944. The van der Waals surface area contributed by atoms with E-state index in [-0.39, 0.29) is 16.0 Å². The van der Waals surface area contributed by atoms with Gasteiger partial charge in [0.1, 0.15) is 5.82 Å². The Morgan fingerprint density at radius 2 is 1.85 bits per heavy atom. The predicted octanol–water partition coefficient (Wildman–Crippen LogP) is 2.59. The van der Waals surface area contributed by atoms with E-state index in [2.05, 4.69) is 0 Å². The fourth-order valence-electron chi connectivity index (χ4n) is 1.77. The zero-order valence-electron chi connectivity index (χ0n) is 10.5. The van der Waals surface area contributed by atoms with E-state index in [1.54, 1.807) is 0 Å². The van der Waals surface area contributed by atoms with E-state index in [4.69, 9.17) is 5.11 Å². The third-order valence-electron chi connectivity index (χ3n) is 2.79. The molecule has 0 saturated heterocycles. The predicted molar refractivity (Wildman–Crippen MR) is 71.9 cm³/mol. The van der Waals surface area contributed by atoms with Crippen LogP contribution in [0.5, 0.6) is 0 Å². The van der Waals surface area contributed by atoms with Gasteiger partial charge in [-0.25, -0.2) is 17.6 Å². The molecule has 2 aromatic rings. The number of carbonyl (C=O) groups is 1. The summed E-state index contributed by atoms with van der Waals surface area (Å²) in [6.45, 7) is 0. The van der Waals surface area contributed by atoms with Crippen LogP contribution in [0.2, 0.25) is 0 Å². The molecule has 0 aliphatic carbocycles. The Labute approximate surface area is 115 Å². The maximum Gasteiger partial charge on any atom is 0.335 e. The molecule has 2 rings (SSSR count). The molecule has 0 heterocycles. The van der Waals surface area contributed by atoms with Crippen LogP contribution in [-0.4, -0.2) is 25.7 Å². The van der Waals surface area contributed by atoms with Crippen molar-refractivity contribution in [3.8, 4) is 11.1 Å². The molecule has 0 aliphatic heterocycles. The van der Waals surface area contributed by atoms with E-state index < -0.39 is 21.6 Å². The lowest BCUT2D eigenvalue weighted by Crippen LogP contribution is -1.99. The van der Waals surface area contributed by atoms with Gasteiger partial charge in [-0.3, -0.25) is 0 Å². The lowest BCUT2D eigenvalue weighted by Gasteiger charge is -2.07. The summed E-state index contributed by atoms with van der Waals surface area (Å²) >= 11 is 0. The molecule has 2 aromatic carbocycles. The third-order valence-corrected chi connectivity index (χ3v) is 3.90. The number of sulfone groups is 1. The molecule has 0 fully saturated rings. The molecule has 0 unspecified atom stereocenters. The molecule has 4 nitrogen and oxygen atoms in total. The van der Waals surface area contributed by atoms with Crippen molar-refractivity contribution >= 4 is 15.8 Å². The number of hydrogen-bond acceptors (Lipinski definition) is 3. The largest absolute Gasteiger partial charge is 0.478 e. The van der Waals surface area contributed by atoms with Crippen LogP contribution in [0.4, 0.5) is 4.39 Å². The zero-order chi connectivity index (χ0) is 14.9. The van der Waals surface area contributed by atoms with Crippen LogP contribution in [0.3, 0.4) is 0 Å². The fourth-order valence-corrected chi connectivity index (χ4v) is 2.44. The van der Waals surface area contributed by atoms with Gasteiger partial charge in [0.15, 0.2) is 9.84 Å². The Kier molecular flexibility index (Phi) is 3.59. The van der Waals surface area contributed by atoms with Gasteiger partial charge in [0, 0.05) is 11.8 Å². The van der Waals surface area contributed by atoms with Crippen molar-refractivity contribution in [2.75, 3.05) is 6.26 Å². The van der Waals surface area contributed by atoms with Crippen molar-refractivity contribution in [3.63, 3.8) is 0 Å². The monoisotopic (exact) mass is 294 g/mol. The standard InChI is InChI=1S/C14H11FO4S/c1-20(18,19)11-4-2-3-9(7-11)12-8-10(14(16)17)5-6-13(12)15/h2-8H,1H3,(H,16,17). The molecule has 0 spiro atoms. The highest BCUT2D eigenvalue weighted by Crippen LogP contribution is 2.26. The minimum absolute atomic E-state index is 0.0510. The van der Waals surface area contributed by atoms with Gasteiger partial charge in [0.05, 0.1) is 10.5 Å². The Morgan fingerprint density at radius 1 is 1.15 bits per heavy atom. The number of halogens is 1. The van der Waals surface area contributed by atoms with Gasteiger partial charge in [-0.05, 0) is 35.9 Å². The van der Waals surface area contributed by atoms with Crippen molar-refractivity contribution in [2.45, 2.75) is 4.90 Å². The van der Waals surface area contributed by atoms with E-state index in [1.807, 2.05) is 0 Å². The van der Waals surface area contributed by atoms with Gasteiger partial charge in [-0.1, -0.05) is 12.1 Å². The number of hydrogen-bond donors (Lipinski definition) is 1. The van der Waals surface area contributed by atoms with Crippen molar-refractivity contribution in [3.05, 3.63) is 53.8 Å². The topological polar surface area (TPSA) is 71.4 Å². The Bertz CT molecular complexity index is 782. The highest BCUT2D eigenvalue weighted by atomic mass is 32.2. The SMILES string of the molecule is CS(=O)(=O)c1cccc(-c2cc(C(=O)O)ccc2F)c1. The van der Waals surface area contributed by atoms with E-state index in [0.717, 1.165) is 18.4 Å². The first-order valence-corrected chi connectivity index (χ1v) is 7.51. The van der Waals surface area contributed by atoms with E-state index in [0.29, 0.717) is 5.56 Å². The number of benzene rings is 2. The average Bonchev–Trinajstić information content (AvgIpc) is 2.38. The molecule has 20 heavy (non-hydrogen) atoms. The van der Waals surface area contributed by atoms with Crippen LogP contribution in [0.25, 0.3) is 11.1 Å². The molecular weight excluding hydrogens is 283 g/mol. The Balaban J connectivity index is 2.62. The van der Waals surface area contributed by atoms with E-state index in [9.17, 15) is 17.6 Å². The second kappa shape index (κ2) is 5.05. The minimum atomic E-state index is -3.41.